The van der Waals surface area contributed by atoms with Gasteiger partial charge in [0.05, 0.1) is 6.61 Å². The van der Waals surface area contributed by atoms with Crippen molar-refractivity contribution in [3.8, 4) is 0 Å². The van der Waals surface area contributed by atoms with Crippen LogP contribution in [0.4, 0.5) is 0 Å². The fraction of sp³-hybridized carbons (Fsp3) is 0.467. The number of carbonyl (C=O) groups excluding carboxylic acids is 2. The summed E-state index contributed by atoms with van der Waals surface area (Å²) in [6.07, 6.45) is 0.803. The summed E-state index contributed by atoms with van der Waals surface area (Å²) in [5.74, 6) is -0.490. The van der Waals surface area contributed by atoms with E-state index in [4.69, 9.17) is 4.74 Å². The molecular weight excluding hydrogens is 242 g/mol. The Morgan fingerprint density at radius 3 is 2.58 bits per heavy atom. The molecule has 4 heteroatoms. The van der Waals surface area contributed by atoms with Gasteiger partial charge in [0.2, 0.25) is 0 Å². The molecule has 0 aliphatic rings. The molecule has 0 aliphatic carbocycles. The van der Waals surface area contributed by atoms with Crippen LogP contribution < -0.4 is 0 Å². The first kappa shape index (κ1) is 15.2. The van der Waals surface area contributed by atoms with Crippen LogP contribution >= 0.6 is 0 Å². The molecule has 1 aromatic carbocycles. The van der Waals surface area contributed by atoms with Crippen LogP contribution in [0.3, 0.4) is 0 Å². The van der Waals surface area contributed by atoms with Crippen molar-refractivity contribution in [3.63, 3.8) is 0 Å². The van der Waals surface area contributed by atoms with Crippen LogP contribution in [0.25, 0.3) is 0 Å². The molecule has 1 amide bonds. The molecule has 0 heterocycles. The smallest absolute Gasteiger partial charge is 0.325 e. The first-order chi connectivity index (χ1) is 9.08. The number of carbonyl (C=O) groups is 2. The van der Waals surface area contributed by atoms with Crippen molar-refractivity contribution in [1.29, 1.82) is 0 Å². The highest BCUT2D eigenvalue weighted by molar-refractivity contribution is 5.96. The Bertz CT molecular complexity index is 443. The van der Waals surface area contributed by atoms with Crippen molar-refractivity contribution in [3.05, 3.63) is 35.4 Å². The number of hydrogen-bond acceptors (Lipinski definition) is 3. The predicted octanol–water partition coefficient (Wildman–Crippen LogP) is 2.41. The Hall–Kier alpha value is -1.84. The number of hydrogen-bond donors (Lipinski definition) is 0. The van der Waals surface area contributed by atoms with E-state index in [1.165, 1.54) is 4.90 Å². The Morgan fingerprint density at radius 1 is 1.26 bits per heavy atom. The summed E-state index contributed by atoms with van der Waals surface area (Å²) in [6.45, 7) is 6.55. The maximum Gasteiger partial charge on any atom is 0.325 e. The molecule has 0 spiro atoms. The molecule has 0 aromatic heterocycles. The van der Waals surface area contributed by atoms with Gasteiger partial charge in [0.1, 0.15) is 6.54 Å². The fourth-order valence-electron chi connectivity index (χ4n) is 1.85. The highest BCUT2D eigenvalue weighted by Gasteiger charge is 2.18. The van der Waals surface area contributed by atoms with Crippen LogP contribution in [0, 0.1) is 6.92 Å². The van der Waals surface area contributed by atoms with Crippen LogP contribution in [0.5, 0.6) is 0 Å². The third kappa shape index (κ3) is 4.73. The highest BCUT2D eigenvalue weighted by Crippen LogP contribution is 2.08. The second-order valence-corrected chi connectivity index (χ2v) is 4.40. The summed E-state index contributed by atoms with van der Waals surface area (Å²) in [5, 5.41) is 0. The second-order valence-electron chi connectivity index (χ2n) is 4.40. The van der Waals surface area contributed by atoms with E-state index in [9.17, 15) is 9.59 Å². The van der Waals surface area contributed by atoms with Crippen molar-refractivity contribution >= 4 is 11.9 Å². The zero-order valence-electron chi connectivity index (χ0n) is 11.8. The minimum atomic E-state index is -0.364. The summed E-state index contributed by atoms with van der Waals surface area (Å²) in [7, 11) is 0. The van der Waals surface area contributed by atoms with Crippen LogP contribution in [0.1, 0.15) is 36.2 Å². The number of ether oxygens (including phenoxy) is 1. The summed E-state index contributed by atoms with van der Waals surface area (Å²) in [6, 6.07) is 7.38. The van der Waals surface area contributed by atoms with Gasteiger partial charge in [-0.25, -0.2) is 0 Å². The van der Waals surface area contributed by atoms with E-state index in [1.807, 2.05) is 32.0 Å². The molecule has 104 valence electrons. The van der Waals surface area contributed by atoms with E-state index < -0.39 is 0 Å². The van der Waals surface area contributed by atoms with Crippen LogP contribution in [0.2, 0.25) is 0 Å². The van der Waals surface area contributed by atoms with Gasteiger partial charge in [-0.1, -0.05) is 24.6 Å². The van der Waals surface area contributed by atoms with Crippen molar-refractivity contribution in [2.75, 3.05) is 19.7 Å². The van der Waals surface area contributed by atoms with E-state index in [1.54, 1.807) is 13.0 Å². The Kier molecular flexibility index (Phi) is 6.06. The second kappa shape index (κ2) is 7.56. The van der Waals surface area contributed by atoms with Crippen molar-refractivity contribution in [1.82, 2.24) is 4.90 Å². The average molecular weight is 263 g/mol. The number of nitrogens with zero attached hydrogens (tertiary/aromatic N) is 1. The molecule has 1 rings (SSSR count). The van der Waals surface area contributed by atoms with Crippen molar-refractivity contribution in [2.45, 2.75) is 27.2 Å². The SMILES string of the molecule is CCCN(CC(=O)OCC)C(=O)c1cccc(C)c1. The zero-order valence-corrected chi connectivity index (χ0v) is 11.8. The summed E-state index contributed by atoms with van der Waals surface area (Å²) in [5.41, 5.74) is 1.64. The molecule has 0 unspecified atom stereocenters. The van der Waals surface area contributed by atoms with Crippen molar-refractivity contribution in [2.24, 2.45) is 0 Å². The summed E-state index contributed by atoms with van der Waals surface area (Å²) >= 11 is 0. The zero-order chi connectivity index (χ0) is 14.3. The molecule has 4 nitrogen and oxygen atoms in total. The lowest BCUT2D eigenvalue weighted by Gasteiger charge is -2.21. The number of benzene rings is 1. The van der Waals surface area contributed by atoms with Gasteiger partial charge < -0.3 is 9.64 Å². The normalized spacial score (nSPS) is 10.1. The summed E-state index contributed by atoms with van der Waals surface area (Å²) in [4.78, 5) is 25.4. The Labute approximate surface area is 114 Å². The third-order valence-corrected chi connectivity index (χ3v) is 2.67. The lowest BCUT2D eigenvalue weighted by molar-refractivity contribution is -0.143. The first-order valence-corrected chi connectivity index (χ1v) is 6.60. The number of amides is 1. The molecule has 0 fully saturated rings. The molecular formula is C15H21NO3. The highest BCUT2D eigenvalue weighted by atomic mass is 16.5. The van der Waals surface area contributed by atoms with Gasteiger partial charge in [-0.15, -0.1) is 0 Å². The largest absolute Gasteiger partial charge is 0.465 e. The molecule has 0 atom stereocenters. The number of rotatable bonds is 6. The molecule has 0 radical (unpaired) electrons. The molecule has 0 saturated carbocycles. The van der Waals surface area contributed by atoms with E-state index in [0.29, 0.717) is 18.7 Å². The summed E-state index contributed by atoms with van der Waals surface area (Å²) < 4.78 is 4.90. The first-order valence-electron chi connectivity index (χ1n) is 6.60. The van der Waals surface area contributed by atoms with Crippen LogP contribution in [-0.2, 0) is 9.53 Å². The molecule has 0 N–H and O–H groups in total. The quantitative estimate of drug-likeness (QED) is 0.740. The predicted molar refractivity (Wildman–Crippen MR) is 74.0 cm³/mol. The van der Waals surface area contributed by atoms with Gasteiger partial charge in [-0.05, 0) is 32.4 Å². The van der Waals surface area contributed by atoms with Gasteiger partial charge in [-0.2, -0.15) is 0 Å². The minimum absolute atomic E-state index is 0.00839. The topological polar surface area (TPSA) is 46.6 Å². The minimum Gasteiger partial charge on any atom is -0.465 e. The van der Waals surface area contributed by atoms with Crippen molar-refractivity contribution < 1.29 is 14.3 Å². The molecule has 0 bridgehead atoms. The maximum atomic E-state index is 12.3. The van der Waals surface area contributed by atoms with E-state index in [0.717, 1.165) is 12.0 Å². The third-order valence-electron chi connectivity index (χ3n) is 2.67. The molecule has 0 aliphatic heterocycles. The van der Waals surface area contributed by atoms with E-state index >= 15 is 0 Å². The van der Waals surface area contributed by atoms with Gasteiger partial charge in [0.25, 0.3) is 5.91 Å². The van der Waals surface area contributed by atoms with Crippen LogP contribution in [-0.4, -0.2) is 36.5 Å². The van der Waals surface area contributed by atoms with Gasteiger partial charge in [0.15, 0.2) is 0 Å². The molecule has 0 saturated heterocycles. The standard InChI is InChI=1S/C15H21NO3/c1-4-9-16(11-14(17)19-5-2)15(18)13-8-6-7-12(3)10-13/h6-8,10H,4-5,9,11H2,1-3H3. The fourth-order valence-corrected chi connectivity index (χ4v) is 1.85. The van der Waals surface area contributed by atoms with E-state index in [-0.39, 0.29) is 18.4 Å². The molecule has 1 aromatic rings. The number of esters is 1. The lowest BCUT2D eigenvalue weighted by Crippen LogP contribution is -2.37. The maximum absolute atomic E-state index is 12.3. The van der Waals surface area contributed by atoms with Gasteiger partial charge in [-0.3, -0.25) is 9.59 Å². The van der Waals surface area contributed by atoms with Crippen LogP contribution in [0.15, 0.2) is 24.3 Å². The monoisotopic (exact) mass is 263 g/mol. The lowest BCUT2D eigenvalue weighted by atomic mass is 10.1. The van der Waals surface area contributed by atoms with E-state index in [2.05, 4.69) is 0 Å². The van der Waals surface area contributed by atoms with Gasteiger partial charge in [0, 0.05) is 12.1 Å². The van der Waals surface area contributed by atoms with Gasteiger partial charge >= 0.3 is 5.97 Å². The Morgan fingerprint density at radius 2 is 2.00 bits per heavy atom. The molecule has 19 heavy (non-hydrogen) atoms. The average Bonchev–Trinajstić information content (AvgIpc) is 2.37. The number of aryl methyl sites for hydroxylation is 1. The Balaban J connectivity index is 2.80.